The van der Waals surface area contributed by atoms with E-state index in [0.717, 1.165) is 12.8 Å². The largest absolute Gasteiger partial charge is 0.465 e. The van der Waals surface area contributed by atoms with Crippen LogP contribution in [-0.2, 0) is 9.53 Å². The number of nitrogens with zero attached hydrogens (tertiary/aromatic N) is 4. The van der Waals surface area contributed by atoms with E-state index in [1.165, 1.54) is 13.3 Å². The number of hydrogen-bond donors (Lipinski definition) is 1. The molecule has 1 atom stereocenters. The topological polar surface area (TPSA) is 108 Å². The van der Waals surface area contributed by atoms with Crippen molar-refractivity contribution in [1.29, 1.82) is 5.26 Å². The van der Waals surface area contributed by atoms with Gasteiger partial charge in [0, 0.05) is 30.7 Å². The van der Waals surface area contributed by atoms with Gasteiger partial charge in [-0.15, -0.1) is 0 Å². The van der Waals surface area contributed by atoms with Crippen molar-refractivity contribution in [3.05, 3.63) is 42.2 Å². The van der Waals surface area contributed by atoms with Gasteiger partial charge in [0.05, 0.1) is 18.7 Å². The Balaban J connectivity index is 1.52. The summed E-state index contributed by atoms with van der Waals surface area (Å²) in [6.45, 7) is 0.526. The maximum Gasteiger partial charge on any atom is 0.339 e. The smallest absolute Gasteiger partial charge is 0.339 e. The molecule has 0 bridgehead atoms. The van der Waals surface area contributed by atoms with Crippen LogP contribution >= 0.6 is 0 Å². The minimum Gasteiger partial charge on any atom is -0.465 e. The van der Waals surface area contributed by atoms with E-state index in [-0.39, 0.29) is 11.8 Å². The zero-order valence-corrected chi connectivity index (χ0v) is 15.4. The number of anilines is 3. The van der Waals surface area contributed by atoms with Gasteiger partial charge in [0.2, 0.25) is 5.91 Å². The van der Waals surface area contributed by atoms with E-state index in [4.69, 9.17) is 0 Å². The number of carbonyl (C=O) groups is 2. The number of amides is 1. The van der Waals surface area contributed by atoms with Crippen molar-refractivity contribution >= 4 is 29.2 Å². The molecule has 2 aromatic heterocycles. The first-order valence-electron chi connectivity index (χ1n) is 9.08. The van der Waals surface area contributed by atoms with Crippen LogP contribution in [0.25, 0.3) is 0 Å². The summed E-state index contributed by atoms with van der Waals surface area (Å²) in [5.41, 5.74) is 0.180. The summed E-state index contributed by atoms with van der Waals surface area (Å²) in [6.07, 6.45) is 5.48. The summed E-state index contributed by atoms with van der Waals surface area (Å²) in [5.74, 6) is 0.643. The van der Waals surface area contributed by atoms with Crippen molar-refractivity contribution < 1.29 is 14.3 Å². The molecule has 3 heterocycles. The molecule has 1 aliphatic carbocycles. The van der Waals surface area contributed by atoms with E-state index in [1.54, 1.807) is 35.4 Å². The minimum atomic E-state index is -0.873. The number of carbonyl (C=O) groups excluding carboxylic acids is 2. The van der Waals surface area contributed by atoms with Crippen LogP contribution in [0.3, 0.4) is 0 Å². The van der Waals surface area contributed by atoms with Gasteiger partial charge in [-0.1, -0.05) is 0 Å². The highest BCUT2D eigenvalue weighted by molar-refractivity contribution is 6.02. The van der Waals surface area contributed by atoms with E-state index in [1.807, 2.05) is 0 Å². The van der Waals surface area contributed by atoms with Gasteiger partial charge in [-0.2, -0.15) is 5.26 Å². The molecule has 1 aliphatic heterocycles. The first kappa shape index (κ1) is 17.9. The fourth-order valence-corrected chi connectivity index (χ4v) is 3.63. The molecule has 8 nitrogen and oxygen atoms in total. The van der Waals surface area contributed by atoms with E-state index >= 15 is 0 Å². The summed E-state index contributed by atoms with van der Waals surface area (Å²) in [7, 11) is 1.31. The molecule has 1 amide bonds. The zero-order valence-electron chi connectivity index (χ0n) is 15.4. The average Bonchev–Trinajstić information content (AvgIpc) is 3.52. The predicted molar refractivity (Wildman–Crippen MR) is 101 cm³/mol. The van der Waals surface area contributed by atoms with Crippen LogP contribution in [0.1, 0.15) is 29.6 Å². The first-order chi connectivity index (χ1) is 13.6. The Morgan fingerprint density at radius 2 is 2.14 bits per heavy atom. The molecule has 0 unspecified atom stereocenters. The fraction of sp³-hybridized carbons (Fsp3) is 0.350. The van der Waals surface area contributed by atoms with Crippen LogP contribution in [-0.4, -0.2) is 35.5 Å². The predicted octanol–water partition coefficient (Wildman–Crippen LogP) is 2.66. The van der Waals surface area contributed by atoms with Crippen molar-refractivity contribution in [1.82, 2.24) is 9.97 Å². The highest BCUT2D eigenvalue weighted by Gasteiger charge is 2.56. The maximum atomic E-state index is 12.9. The zero-order chi connectivity index (χ0) is 19.7. The molecule has 2 fully saturated rings. The van der Waals surface area contributed by atoms with Crippen LogP contribution in [0.2, 0.25) is 0 Å². The molecule has 142 valence electrons. The number of pyridine rings is 2. The Kier molecular flexibility index (Phi) is 4.43. The third-order valence-corrected chi connectivity index (χ3v) is 5.33. The van der Waals surface area contributed by atoms with Crippen LogP contribution in [0.5, 0.6) is 0 Å². The molecule has 1 saturated heterocycles. The lowest BCUT2D eigenvalue weighted by atomic mass is 9.83. The van der Waals surface area contributed by atoms with Crippen LogP contribution in [0, 0.1) is 22.7 Å². The molecule has 2 aliphatic rings. The van der Waals surface area contributed by atoms with E-state index in [2.05, 4.69) is 26.1 Å². The molecule has 0 aromatic carbocycles. The van der Waals surface area contributed by atoms with Gasteiger partial charge in [0.15, 0.2) is 0 Å². The van der Waals surface area contributed by atoms with Gasteiger partial charge >= 0.3 is 5.97 Å². The van der Waals surface area contributed by atoms with E-state index in [0.29, 0.717) is 35.9 Å². The van der Waals surface area contributed by atoms with Gasteiger partial charge in [0.25, 0.3) is 0 Å². The fourth-order valence-electron chi connectivity index (χ4n) is 3.63. The molecule has 1 N–H and O–H groups in total. The molecule has 2 aromatic rings. The molecule has 4 rings (SSSR count). The lowest BCUT2D eigenvalue weighted by molar-refractivity contribution is -0.123. The van der Waals surface area contributed by atoms with Crippen molar-refractivity contribution in [2.24, 2.45) is 11.3 Å². The summed E-state index contributed by atoms with van der Waals surface area (Å²) in [5, 5.41) is 12.7. The molecule has 1 saturated carbocycles. The van der Waals surface area contributed by atoms with Gasteiger partial charge < -0.3 is 15.0 Å². The molecule has 0 radical (unpaired) electrons. The minimum absolute atomic E-state index is 0.116. The number of aromatic nitrogens is 2. The monoisotopic (exact) mass is 377 g/mol. The summed E-state index contributed by atoms with van der Waals surface area (Å²) in [4.78, 5) is 34.5. The molecule has 8 heteroatoms. The van der Waals surface area contributed by atoms with E-state index < -0.39 is 11.4 Å². The average molecular weight is 377 g/mol. The summed E-state index contributed by atoms with van der Waals surface area (Å²) < 4.78 is 4.65. The second kappa shape index (κ2) is 6.93. The Hall–Kier alpha value is -3.47. The van der Waals surface area contributed by atoms with Gasteiger partial charge in [-0.25, -0.2) is 14.8 Å². The third-order valence-electron chi connectivity index (χ3n) is 5.33. The van der Waals surface area contributed by atoms with Crippen LogP contribution in [0.4, 0.5) is 17.3 Å². The summed E-state index contributed by atoms with van der Waals surface area (Å²) >= 11 is 0. The van der Waals surface area contributed by atoms with E-state index in [9.17, 15) is 14.9 Å². The quantitative estimate of drug-likeness (QED) is 0.798. The van der Waals surface area contributed by atoms with Crippen molar-refractivity contribution in [2.75, 3.05) is 23.9 Å². The van der Waals surface area contributed by atoms with Crippen molar-refractivity contribution in [3.63, 3.8) is 0 Å². The number of hydrogen-bond acceptors (Lipinski definition) is 7. The number of nitriles is 1. The molecular formula is C20H19N5O3. The highest BCUT2D eigenvalue weighted by Crippen LogP contribution is 2.51. The summed E-state index contributed by atoms with van der Waals surface area (Å²) in [6, 6.07) is 9.06. The second-order valence-electron chi connectivity index (χ2n) is 7.01. The van der Waals surface area contributed by atoms with Gasteiger partial charge in [-0.05, 0) is 43.4 Å². The van der Waals surface area contributed by atoms with Crippen molar-refractivity contribution in [2.45, 2.75) is 19.3 Å². The van der Waals surface area contributed by atoms with Gasteiger partial charge in [0.1, 0.15) is 17.1 Å². The lowest BCUT2D eigenvalue weighted by Gasteiger charge is -2.21. The number of methoxy groups -OCH3 is 1. The Morgan fingerprint density at radius 1 is 1.32 bits per heavy atom. The highest BCUT2D eigenvalue weighted by atomic mass is 16.5. The number of ether oxygens (including phenoxy) is 1. The Labute approximate surface area is 162 Å². The Morgan fingerprint density at radius 3 is 2.79 bits per heavy atom. The van der Waals surface area contributed by atoms with Crippen molar-refractivity contribution in [3.8, 4) is 6.07 Å². The number of esters is 1. The standard InChI is InChI=1S/C20H19N5O3/c1-28-18(26)13-2-5-16(23-11-13)24-17-10-15(6-8-22-17)25-9-7-20(12-21,19(25)27)14-3-4-14/h2,5-6,8,10-11,14H,3-4,7,9H2,1H3,(H,22,23,24)/t20-/m1/s1. The Bertz CT molecular complexity index is 965. The third kappa shape index (κ3) is 3.05. The lowest BCUT2D eigenvalue weighted by Crippen LogP contribution is -2.35. The normalized spacial score (nSPS) is 21.3. The van der Waals surface area contributed by atoms with Crippen LogP contribution < -0.4 is 10.2 Å². The molecule has 0 spiro atoms. The molecular weight excluding hydrogens is 358 g/mol. The molecule has 28 heavy (non-hydrogen) atoms. The maximum absolute atomic E-state index is 12.9. The first-order valence-corrected chi connectivity index (χ1v) is 9.08. The number of nitrogens with one attached hydrogen (secondary N) is 1. The SMILES string of the molecule is COC(=O)c1ccc(Nc2cc(N3CC[C@@](C#N)(C4CC4)C3=O)ccn2)nc1. The van der Waals surface area contributed by atoms with Crippen LogP contribution in [0.15, 0.2) is 36.7 Å². The number of rotatable bonds is 5. The van der Waals surface area contributed by atoms with Gasteiger partial charge in [-0.3, -0.25) is 4.79 Å². The second-order valence-corrected chi connectivity index (χ2v) is 7.01.